The van der Waals surface area contributed by atoms with Crippen molar-refractivity contribution in [3.05, 3.63) is 29.5 Å². The van der Waals surface area contributed by atoms with Crippen molar-refractivity contribution in [3.8, 4) is 0 Å². The number of halogens is 1. The SMILES string of the molecule is CCCC(Nc1nc(Cl)nc2ccccc12)C(=O)O. The summed E-state index contributed by atoms with van der Waals surface area (Å²) < 4.78 is 0. The maximum atomic E-state index is 11.2. The molecule has 0 aliphatic carbocycles. The van der Waals surface area contributed by atoms with E-state index in [0.717, 1.165) is 11.8 Å². The Balaban J connectivity index is 2.41. The molecule has 5 nitrogen and oxygen atoms in total. The lowest BCUT2D eigenvalue weighted by atomic mass is 10.1. The highest BCUT2D eigenvalue weighted by atomic mass is 35.5. The highest BCUT2D eigenvalue weighted by molar-refractivity contribution is 6.28. The molecule has 6 heteroatoms. The maximum absolute atomic E-state index is 11.2. The number of nitrogens with zero attached hydrogens (tertiary/aromatic N) is 2. The van der Waals surface area contributed by atoms with Crippen LogP contribution in [0.25, 0.3) is 10.9 Å². The van der Waals surface area contributed by atoms with Crippen LogP contribution in [0.3, 0.4) is 0 Å². The van der Waals surface area contributed by atoms with Gasteiger partial charge in [0.2, 0.25) is 5.28 Å². The van der Waals surface area contributed by atoms with Crippen LogP contribution in [0.4, 0.5) is 5.82 Å². The van der Waals surface area contributed by atoms with Gasteiger partial charge in [0.1, 0.15) is 11.9 Å². The lowest BCUT2D eigenvalue weighted by Gasteiger charge is -2.15. The van der Waals surface area contributed by atoms with E-state index in [9.17, 15) is 4.79 Å². The van der Waals surface area contributed by atoms with Gasteiger partial charge in [-0.15, -0.1) is 0 Å². The Kier molecular flexibility index (Phi) is 4.16. The fourth-order valence-electron chi connectivity index (χ4n) is 1.87. The largest absolute Gasteiger partial charge is 0.480 e. The molecule has 0 fully saturated rings. The number of carboxylic acids is 1. The molecule has 0 radical (unpaired) electrons. The second-order valence-corrected chi connectivity index (χ2v) is 4.52. The summed E-state index contributed by atoms with van der Waals surface area (Å²) in [5.41, 5.74) is 0.686. The molecule has 0 aliphatic heterocycles. The number of aliphatic carboxylic acids is 1. The van der Waals surface area contributed by atoms with E-state index in [1.165, 1.54) is 0 Å². The first-order valence-corrected chi connectivity index (χ1v) is 6.41. The van der Waals surface area contributed by atoms with Gasteiger partial charge < -0.3 is 10.4 Å². The third kappa shape index (κ3) is 3.12. The van der Waals surface area contributed by atoms with E-state index < -0.39 is 12.0 Å². The number of rotatable bonds is 5. The molecule has 1 aromatic heterocycles. The van der Waals surface area contributed by atoms with Crippen LogP contribution in [0, 0.1) is 0 Å². The average Bonchev–Trinajstić information content (AvgIpc) is 2.37. The molecule has 2 aromatic rings. The minimum Gasteiger partial charge on any atom is -0.480 e. The van der Waals surface area contributed by atoms with Gasteiger partial charge in [-0.3, -0.25) is 0 Å². The Morgan fingerprint density at radius 2 is 2.16 bits per heavy atom. The van der Waals surface area contributed by atoms with Gasteiger partial charge in [-0.25, -0.2) is 14.8 Å². The fraction of sp³-hybridized carbons (Fsp3) is 0.308. The van der Waals surface area contributed by atoms with Gasteiger partial charge in [0.25, 0.3) is 0 Å². The zero-order chi connectivity index (χ0) is 13.8. The summed E-state index contributed by atoms with van der Waals surface area (Å²) in [5.74, 6) is -0.447. The zero-order valence-electron chi connectivity index (χ0n) is 10.4. The number of benzene rings is 1. The van der Waals surface area contributed by atoms with Crippen LogP contribution in [0.5, 0.6) is 0 Å². The third-order valence-corrected chi connectivity index (χ3v) is 2.93. The fourth-order valence-corrected chi connectivity index (χ4v) is 2.04. The van der Waals surface area contributed by atoms with E-state index in [1.807, 2.05) is 31.2 Å². The Morgan fingerprint density at radius 3 is 2.84 bits per heavy atom. The Morgan fingerprint density at radius 1 is 1.42 bits per heavy atom. The van der Waals surface area contributed by atoms with E-state index in [-0.39, 0.29) is 5.28 Å². The summed E-state index contributed by atoms with van der Waals surface area (Å²) >= 11 is 5.85. The molecule has 1 heterocycles. The molecule has 19 heavy (non-hydrogen) atoms. The molecule has 100 valence electrons. The van der Waals surface area contributed by atoms with Crippen molar-refractivity contribution in [2.75, 3.05) is 5.32 Å². The number of carbonyl (C=O) groups is 1. The van der Waals surface area contributed by atoms with Crippen molar-refractivity contribution in [1.82, 2.24) is 9.97 Å². The molecular weight excluding hydrogens is 266 g/mol. The molecule has 1 unspecified atom stereocenters. The minimum absolute atomic E-state index is 0.0989. The number of hydrogen-bond acceptors (Lipinski definition) is 4. The minimum atomic E-state index is -0.902. The number of hydrogen-bond donors (Lipinski definition) is 2. The molecule has 1 aromatic carbocycles. The van der Waals surface area contributed by atoms with Crippen LogP contribution in [0.1, 0.15) is 19.8 Å². The summed E-state index contributed by atoms with van der Waals surface area (Å²) in [7, 11) is 0. The smallest absolute Gasteiger partial charge is 0.326 e. The zero-order valence-corrected chi connectivity index (χ0v) is 11.2. The Labute approximate surface area is 115 Å². The normalized spacial score (nSPS) is 12.3. The van der Waals surface area contributed by atoms with Gasteiger partial charge in [-0.1, -0.05) is 25.5 Å². The summed E-state index contributed by atoms with van der Waals surface area (Å²) in [6.07, 6.45) is 1.28. The number of aromatic nitrogens is 2. The van der Waals surface area contributed by atoms with Gasteiger partial charge in [-0.2, -0.15) is 0 Å². The van der Waals surface area contributed by atoms with Crippen LogP contribution >= 0.6 is 11.6 Å². The van der Waals surface area contributed by atoms with Crippen LogP contribution in [0.2, 0.25) is 5.28 Å². The van der Waals surface area contributed by atoms with Crippen molar-refractivity contribution >= 4 is 34.3 Å². The van der Waals surface area contributed by atoms with E-state index >= 15 is 0 Å². The first kappa shape index (κ1) is 13.5. The van der Waals surface area contributed by atoms with Gasteiger partial charge in [0, 0.05) is 5.39 Å². The van der Waals surface area contributed by atoms with Crippen molar-refractivity contribution in [2.24, 2.45) is 0 Å². The topological polar surface area (TPSA) is 75.1 Å². The first-order chi connectivity index (χ1) is 9.11. The van der Waals surface area contributed by atoms with E-state index in [1.54, 1.807) is 0 Å². The monoisotopic (exact) mass is 279 g/mol. The number of fused-ring (bicyclic) bond motifs is 1. The second-order valence-electron chi connectivity index (χ2n) is 4.18. The van der Waals surface area contributed by atoms with Crippen molar-refractivity contribution in [1.29, 1.82) is 0 Å². The highest BCUT2D eigenvalue weighted by Crippen LogP contribution is 2.23. The molecule has 0 saturated heterocycles. The van der Waals surface area contributed by atoms with Crippen LogP contribution in [-0.4, -0.2) is 27.1 Å². The number of nitrogens with one attached hydrogen (secondary N) is 1. The summed E-state index contributed by atoms with van der Waals surface area (Å²) in [6.45, 7) is 1.93. The Hall–Kier alpha value is -1.88. The van der Waals surface area contributed by atoms with Gasteiger partial charge in [0.05, 0.1) is 5.52 Å². The van der Waals surface area contributed by atoms with Gasteiger partial charge >= 0.3 is 5.97 Å². The standard InChI is InChI=1S/C13H14ClN3O2/c1-2-5-10(12(18)19)15-11-8-6-3-4-7-9(8)16-13(14)17-11/h3-4,6-7,10H,2,5H2,1H3,(H,18,19)(H,15,16,17). The molecule has 2 N–H and O–H groups in total. The number of anilines is 1. The first-order valence-electron chi connectivity index (χ1n) is 6.03. The second kappa shape index (κ2) is 5.84. The lowest BCUT2D eigenvalue weighted by Crippen LogP contribution is -2.29. The number of para-hydroxylation sites is 1. The predicted octanol–water partition coefficient (Wildman–Crippen LogP) is 2.95. The van der Waals surface area contributed by atoms with E-state index in [4.69, 9.17) is 16.7 Å². The molecule has 0 bridgehead atoms. The Bertz CT molecular complexity index is 603. The van der Waals surface area contributed by atoms with Crippen molar-refractivity contribution in [2.45, 2.75) is 25.8 Å². The highest BCUT2D eigenvalue weighted by Gasteiger charge is 2.18. The average molecular weight is 280 g/mol. The predicted molar refractivity (Wildman–Crippen MR) is 74.5 cm³/mol. The summed E-state index contributed by atoms with van der Waals surface area (Å²) in [4.78, 5) is 19.4. The quantitative estimate of drug-likeness (QED) is 0.823. The van der Waals surface area contributed by atoms with Crippen molar-refractivity contribution < 1.29 is 9.90 Å². The maximum Gasteiger partial charge on any atom is 0.326 e. The summed E-state index contributed by atoms with van der Waals surface area (Å²) in [6, 6.07) is 6.65. The van der Waals surface area contributed by atoms with Crippen LogP contribution in [-0.2, 0) is 4.79 Å². The molecule has 2 rings (SSSR count). The van der Waals surface area contributed by atoms with Crippen molar-refractivity contribution in [3.63, 3.8) is 0 Å². The third-order valence-electron chi connectivity index (χ3n) is 2.76. The molecule has 0 aliphatic rings. The molecule has 0 saturated carbocycles. The number of carboxylic acid groups (broad SMARTS) is 1. The lowest BCUT2D eigenvalue weighted by molar-refractivity contribution is -0.138. The van der Waals surface area contributed by atoms with Gasteiger partial charge in [-0.05, 0) is 30.2 Å². The van der Waals surface area contributed by atoms with Crippen LogP contribution in [0.15, 0.2) is 24.3 Å². The molecule has 0 amide bonds. The van der Waals surface area contributed by atoms with E-state index in [2.05, 4.69) is 15.3 Å². The molecule has 1 atom stereocenters. The van der Waals surface area contributed by atoms with E-state index in [0.29, 0.717) is 17.8 Å². The summed E-state index contributed by atoms with van der Waals surface area (Å²) in [5, 5.41) is 13.0. The molecular formula is C13H14ClN3O2. The van der Waals surface area contributed by atoms with Crippen LogP contribution < -0.4 is 5.32 Å². The van der Waals surface area contributed by atoms with Gasteiger partial charge in [0.15, 0.2) is 0 Å². The molecule has 0 spiro atoms.